The van der Waals surface area contributed by atoms with Crippen molar-refractivity contribution in [3.05, 3.63) is 59.2 Å². The van der Waals surface area contributed by atoms with Crippen molar-refractivity contribution < 1.29 is 4.79 Å². The van der Waals surface area contributed by atoms with Gasteiger partial charge in [-0.15, -0.1) is 0 Å². The number of anilines is 1. The number of aryl methyl sites for hydroxylation is 1. The quantitative estimate of drug-likeness (QED) is 0.592. The first-order valence-corrected chi connectivity index (χ1v) is 12.5. The Hall–Kier alpha value is -2.44. The van der Waals surface area contributed by atoms with Gasteiger partial charge >= 0.3 is 0 Å². The van der Waals surface area contributed by atoms with Crippen LogP contribution in [-0.4, -0.2) is 65.9 Å². The van der Waals surface area contributed by atoms with Crippen LogP contribution in [0.15, 0.2) is 42.5 Å². The van der Waals surface area contributed by atoms with Gasteiger partial charge in [-0.1, -0.05) is 30.3 Å². The van der Waals surface area contributed by atoms with Crippen LogP contribution in [0.3, 0.4) is 0 Å². The summed E-state index contributed by atoms with van der Waals surface area (Å²) in [5.41, 5.74) is 4.34. The van der Waals surface area contributed by atoms with Crippen molar-refractivity contribution in [1.29, 1.82) is 0 Å². The molecule has 0 saturated carbocycles. The number of hydrogen-bond donors (Lipinski definition) is 0. The number of piperazine rings is 1. The third kappa shape index (κ3) is 4.39. The highest BCUT2D eigenvalue weighted by Gasteiger charge is 2.24. The van der Waals surface area contributed by atoms with Gasteiger partial charge < -0.3 is 9.80 Å². The summed E-state index contributed by atoms with van der Waals surface area (Å²) >= 11 is 1.61. The number of amides is 1. The topological polar surface area (TPSA) is 39.7 Å². The maximum absolute atomic E-state index is 11.7. The number of rotatable bonds is 5. The predicted octanol–water partition coefficient (Wildman–Crippen LogP) is 4.00. The van der Waals surface area contributed by atoms with Gasteiger partial charge in [0.25, 0.3) is 0 Å². The summed E-state index contributed by atoms with van der Waals surface area (Å²) < 4.78 is 6.01. The van der Waals surface area contributed by atoms with Crippen LogP contribution in [0.25, 0.3) is 10.1 Å². The zero-order valence-corrected chi connectivity index (χ0v) is 19.9. The van der Waals surface area contributed by atoms with Gasteiger partial charge in [-0.25, -0.2) is 0 Å². The second kappa shape index (κ2) is 9.20. The van der Waals surface area contributed by atoms with Crippen LogP contribution in [0.4, 0.5) is 5.82 Å². The van der Waals surface area contributed by atoms with E-state index in [0.717, 1.165) is 64.2 Å². The molecule has 6 heteroatoms. The molecule has 0 spiro atoms. The number of carbonyl (C=O) groups is 1. The Kier molecular flexibility index (Phi) is 6.15. The summed E-state index contributed by atoms with van der Waals surface area (Å²) in [5, 5.41) is 1.29. The zero-order valence-electron chi connectivity index (χ0n) is 19.1. The molecular weight excluding hydrogens is 416 g/mol. The fourth-order valence-corrected chi connectivity index (χ4v) is 5.90. The molecule has 3 aromatic rings. The van der Waals surface area contributed by atoms with Gasteiger partial charge in [-0.05, 0) is 66.0 Å². The van der Waals surface area contributed by atoms with Gasteiger partial charge in [0.2, 0.25) is 5.91 Å². The van der Waals surface area contributed by atoms with Gasteiger partial charge in [0.05, 0.1) is 4.70 Å². The molecule has 1 aliphatic carbocycles. The lowest BCUT2D eigenvalue weighted by atomic mass is 9.86. The lowest BCUT2D eigenvalue weighted by Crippen LogP contribution is -2.47. The summed E-state index contributed by atoms with van der Waals surface area (Å²) in [4.78, 5) is 18.6. The Morgan fingerprint density at radius 3 is 2.75 bits per heavy atom. The van der Waals surface area contributed by atoms with Crippen LogP contribution in [0.1, 0.15) is 30.0 Å². The Morgan fingerprint density at radius 1 is 1.12 bits per heavy atom. The Labute approximate surface area is 194 Å². The number of hydrogen-bond acceptors (Lipinski definition) is 5. The van der Waals surface area contributed by atoms with E-state index in [9.17, 15) is 4.79 Å². The molecule has 5 nitrogen and oxygen atoms in total. The van der Waals surface area contributed by atoms with E-state index in [1.807, 2.05) is 11.9 Å². The number of benzene rings is 2. The van der Waals surface area contributed by atoms with Crippen LogP contribution in [0.2, 0.25) is 0 Å². The highest BCUT2D eigenvalue weighted by atomic mass is 32.1. The molecule has 1 amide bonds. The van der Waals surface area contributed by atoms with Crippen molar-refractivity contribution in [2.75, 3.05) is 44.7 Å². The lowest BCUT2D eigenvalue weighted by molar-refractivity contribution is -0.129. The summed E-state index contributed by atoms with van der Waals surface area (Å²) in [6, 6.07) is 15.9. The zero-order chi connectivity index (χ0) is 22.1. The molecule has 32 heavy (non-hydrogen) atoms. The van der Waals surface area contributed by atoms with Gasteiger partial charge in [-0.3, -0.25) is 9.69 Å². The maximum Gasteiger partial charge on any atom is 0.219 e. The van der Waals surface area contributed by atoms with Crippen LogP contribution < -0.4 is 4.90 Å². The second-order valence-electron chi connectivity index (χ2n) is 9.21. The number of fused-ring (bicyclic) bond motifs is 2. The molecule has 1 saturated heterocycles. The predicted molar refractivity (Wildman–Crippen MR) is 133 cm³/mol. The standard InChI is InChI=1S/C26H32N4OS/c1-19(31)28(2)23-10-9-21-17-20(7-8-22(21)18-23)11-12-29-13-15-30(16-14-29)26-24-5-3-4-6-25(24)32-27-26/h3-8,17,23H,9-16,18H2,1-2H3. The smallest absolute Gasteiger partial charge is 0.219 e. The fraction of sp³-hybridized carbons (Fsp3) is 0.462. The average Bonchev–Trinajstić information content (AvgIpc) is 3.26. The summed E-state index contributed by atoms with van der Waals surface area (Å²) in [7, 11) is 1.93. The lowest BCUT2D eigenvalue weighted by Gasteiger charge is -2.35. The number of likely N-dealkylation sites (N-methyl/N-ethyl adjacent to an activating group) is 1. The molecule has 1 atom stereocenters. The minimum Gasteiger partial charge on any atom is -0.353 e. The first-order valence-electron chi connectivity index (χ1n) is 11.7. The number of nitrogens with zero attached hydrogens (tertiary/aromatic N) is 4. The third-order valence-electron chi connectivity index (χ3n) is 7.26. The van der Waals surface area contributed by atoms with Crippen LogP contribution >= 0.6 is 11.5 Å². The summed E-state index contributed by atoms with van der Waals surface area (Å²) in [6.07, 6.45) is 4.23. The molecule has 0 N–H and O–H groups in total. The normalized spacial score (nSPS) is 19.2. The van der Waals surface area contributed by atoms with Crippen molar-refractivity contribution in [3.8, 4) is 0 Å². The summed E-state index contributed by atoms with van der Waals surface area (Å²) in [5.74, 6) is 1.33. The van der Waals surface area contributed by atoms with E-state index < -0.39 is 0 Å². The largest absolute Gasteiger partial charge is 0.353 e. The molecule has 1 aliphatic heterocycles. The van der Waals surface area contributed by atoms with Gasteiger partial charge in [-0.2, -0.15) is 4.37 Å². The molecule has 1 aromatic heterocycles. The SMILES string of the molecule is CC(=O)N(C)C1CCc2cc(CCN3CCN(c4nsc5ccccc45)CC3)ccc2C1. The van der Waals surface area contributed by atoms with Crippen molar-refractivity contribution in [2.24, 2.45) is 0 Å². The minimum absolute atomic E-state index is 0.165. The second-order valence-corrected chi connectivity index (χ2v) is 10.0. The van der Waals surface area contributed by atoms with Crippen LogP contribution in [-0.2, 0) is 24.1 Å². The highest BCUT2D eigenvalue weighted by molar-refractivity contribution is 7.13. The van der Waals surface area contributed by atoms with E-state index in [1.165, 1.54) is 26.8 Å². The van der Waals surface area contributed by atoms with E-state index in [-0.39, 0.29) is 5.91 Å². The van der Waals surface area contributed by atoms with Crippen molar-refractivity contribution >= 4 is 33.3 Å². The average molecular weight is 449 g/mol. The van der Waals surface area contributed by atoms with Gasteiger partial charge in [0.1, 0.15) is 5.82 Å². The van der Waals surface area contributed by atoms with E-state index in [1.54, 1.807) is 18.5 Å². The molecule has 2 aromatic carbocycles. The molecular formula is C26H32N4OS. The monoisotopic (exact) mass is 448 g/mol. The van der Waals surface area contributed by atoms with E-state index >= 15 is 0 Å². The van der Waals surface area contributed by atoms with E-state index in [2.05, 4.69) is 52.3 Å². The first kappa shape index (κ1) is 21.4. The Morgan fingerprint density at radius 2 is 1.94 bits per heavy atom. The molecule has 5 rings (SSSR count). The Bertz CT molecular complexity index is 1100. The van der Waals surface area contributed by atoms with Crippen LogP contribution in [0, 0.1) is 0 Å². The Balaban J connectivity index is 1.14. The van der Waals surface area contributed by atoms with Crippen LogP contribution in [0.5, 0.6) is 0 Å². The summed E-state index contributed by atoms with van der Waals surface area (Å²) in [6.45, 7) is 7.05. The molecule has 0 bridgehead atoms. The van der Waals surface area contributed by atoms with E-state index in [0.29, 0.717) is 6.04 Å². The first-order chi connectivity index (χ1) is 15.6. The molecule has 1 unspecified atom stereocenters. The molecule has 2 heterocycles. The number of carbonyl (C=O) groups excluding carboxylic acids is 1. The van der Waals surface area contributed by atoms with Crippen molar-refractivity contribution in [1.82, 2.24) is 14.2 Å². The maximum atomic E-state index is 11.7. The third-order valence-corrected chi connectivity index (χ3v) is 8.08. The highest BCUT2D eigenvalue weighted by Crippen LogP contribution is 2.30. The van der Waals surface area contributed by atoms with E-state index in [4.69, 9.17) is 4.37 Å². The van der Waals surface area contributed by atoms with Crippen molar-refractivity contribution in [3.63, 3.8) is 0 Å². The minimum atomic E-state index is 0.165. The molecule has 0 radical (unpaired) electrons. The van der Waals surface area contributed by atoms with Gasteiger partial charge in [0.15, 0.2) is 0 Å². The molecule has 1 fully saturated rings. The fourth-order valence-electron chi connectivity index (χ4n) is 5.10. The number of aromatic nitrogens is 1. The van der Waals surface area contributed by atoms with Crippen molar-refractivity contribution in [2.45, 2.75) is 38.6 Å². The molecule has 2 aliphatic rings. The molecule has 168 valence electrons. The van der Waals surface area contributed by atoms with Gasteiger partial charge in [0, 0.05) is 58.1 Å².